The van der Waals surface area contributed by atoms with E-state index in [0.717, 1.165) is 18.0 Å². The van der Waals surface area contributed by atoms with Crippen LogP contribution in [0.4, 0.5) is 0 Å². The van der Waals surface area contributed by atoms with Crippen LogP contribution in [0.15, 0.2) is 18.6 Å². The van der Waals surface area contributed by atoms with Gasteiger partial charge in [-0.15, -0.1) is 0 Å². The molecule has 0 amide bonds. The van der Waals surface area contributed by atoms with Crippen LogP contribution in [-0.4, -0.2) is 27.5 Å². The lowest BCUT2D eigenvalue weighted by molar-refractivity contribution is 0.587. The molecule has 3 nitrogen and oxygen atoms in total. The quantitative estimate of drug-likeness (QED) is 0.777. The molecule has 0 fully saturated rings. The fourth-order valence-corrected chi connectivity index (χ4v) is 1.76. The highest BCUT2D eigenvalue weighted by Gasteiger charge is 2.00. The van der Waals surface area contributed by atoms with Gasteiger partial charge in [-0.25, -0.2) is 9.97 Å². The lowest BCUT2D eigenvalue weighted by Gasteiger charge is -2.12. The summed E-state index contributed by atoms with van der Waals surface area (Å²) in [6.45, 7) is 5.21. The SMILES string of the molecule is CCSCC(C)NCc1ccncn1. The maximum atomic E-state index is 4.15. The Labute approximate surface area is 89.7 Å². The average molecular weight is 211 g/mol. The molecule has 14 heavy (non-hydrogen) atoms. The second-order valence-electron chi connectivity index (χ2n) is 3.14. The maximum absolute atomic E-state index is 4.15. The Bertz CT molecular complexity index is 240. The molecule has 0 saturated heterocycles. The monoisotopic (exact) mass is 211 g/mol. The molecule has 0 saturated carbocycles. The number of nitrogens with zero attached hydrogens (tertiary/aromatic N) is 2. The van der Waals surface area contributed by atoms with E-state index in [-0.39, 0.29) is 0 Å². The molecular formula is C10H17N3S. The molecule has 0 aromatic carbocycles. The molecule has 1 rings (SSSR count). The van der Waals surface area contributed by atoms with E-state index < -0.39 is 0 Å². The van der Waals surface area contributed by atoms with E-state index in [0.29, 0.717) is 6.04 Å². The summed E-state index contributed by atoms with van der Waals surface area (Å²) >= 11 is 1.96. The molecule has 1 atom stereocenters. The summed E-state index contributed by atoms with van der Waals surface area (Å²) in [6, 6.07) is 2.47. The minimum atomic E-state index is 0.537. The van der Waals surface area contributed by atoms with Crippen molar-refractivity contribution in [2.24, 2.45) is 0 Å². The normalized spacial score (nSPS) is 12.7. The third-order valence-electron chi connectivity index (χ3n) is 1.85. The van der Waals surface area contributed by atoms with Crippen LogP contribution in [0.2, 0.25) is 0 Å². The van der Waals surface area contributed by atoms with Crippen LogP contribution < -0.4 is 5.32 Å². The summed E-state index contributed by atoms with van der Waals surface area (Å²) < 4.78 is 0. The van der Waals surface area contributed by atoms with Crippen molar-refractivity contribution in [2.45, 2.75) is 26.4 Å². The van der Waals surface area contributed by atoms with Gasteiger partial charge < -0.3 is 5.32 Å². The lowest BCUT2D eigenvalue weighted by atomic mass is 10.3. The molecule has 0 aliphatic rings. The Hall–Kier alpha value is -0.610. The lowest BCUT2D eigenvalue weighted by Crippen LogP contribution is -2.28. The predicted molar refractivity (Wildman–Crippen MR) is 61.3 cm³/mol. The van der Waals surface area contributed by atoms with Crippen molar-refractivity contribution in [3.63, 3.8) is 0 Å². The molecular weight excluding hydrogens is 194 g/mol. The molecule has 1 N–H and O–H groups in total. The molecule has 1 unspecified atom stereocenters. The summed E-state index contributed by atoms with van der Waals surface area (Å²) in [5.41, 5.74) is 1.05. The number of rotatable bonds is 6. The molecule has 1 aromatic heterocycles. The zero-order chi connectivity index (χ0) is 10.2. The highest BCUT2D eigenvalue weighted by molar-refractivity contribution is 7.99. The van der Waals surface area contributed by atoms with Crippen LogP contribution in [0.1, 0.15) is 19.5 Å². The fourth-order valence-electron chi connectivity index (χ4n) is 1.06. The number of hydrogen-bond donors (Lipinski definition) is 1. The first-order valence-electron chi connectivity index (χ1n) is 4.89. The van der Waals surface area contributed by atoms with Gasteiger partial charge >= 0.3 is 0 Å². The zero-order valence-electron chi connectivity index (χ0n) is 8.73. The highest BCUT2D eigenvalue weighted by Crippen LogP contribution is 2.01. The maximum Gasteiger partial charge on any atom is 0.115 e. The number of nitrogens with one attached hydrogen (secondary N) is 1. The van der Waals surface area contributed by atoms with Crippen molar-refractivity contribution in [1.82, 2.24) is 15.3 Å². The molecule has 1 aromatic rings. The standard InChI is InChI=1S/C10H17N3S/c1-3-14-7-9(2)12-6-10-4-5-11-8-13-10/h4-5,8-9,12H,3,6-7H2,1-2H3. The minimum absolute atomic E-state index is 0.537. The fraction of sp³-hybridized carbons (Fsp3) is 0.600. The third kappa shape index (κ3) is 4.58. The van der Waals surface area contributed by atoms with Gasteiger partial charge in [0.2, 0.25) is 0 Å². The Morgan fingerprint density at radius 1 is 1.57 bits per heavy atom. The van der Waals surface area contributed by atoms with Gasteiger partial charge in [0.1, 0.15) is 6.33 Å². The largest absolute Gasteiger partial charge is 0.308 e. The molecule has 78 valence electrons. The highest BCUT2D eigenvalue weighted by atomic mass is 32.2. The van der Waals surface area contributed by atoms with Gasteiger partial charge in [-0.3, -0.25) is 0 Å². The molecule has 0 aliphatic heterocycles. The molecule has 0 bridgehead atoms. The predicted octanol–water partition coefficient (Wildman–Crippen LogP) is 1.71. The topological polar surface area (TPSA) is 37.8 Å². The van der Waals surface area contributed by atoms with Crippen molar-refractivity contribution < 1.29 is 0 Å². The summed E-state index contributed by atoms with van der Waals surface area (Å²) in [5, 5.41) is 3.42. The van der Waals surface area contributed by atoms with Crippen LogP contribution in [0.3, 0.4) is 0 Å². The Balaban J connectivity index is 2.20. The molecule has 0 aliphatic carbocycles. The van der Waals surface area contributed by atoms with Crippen LogP contribution in [0, 0.1) is 0 Å². The van der Waals surface area contributed by atoms with Gasteiger partial charge in [-0.05, 0) is 18.7 Å². The number of aromatic nitrogens is 2. The minimum Gasteiger partial charge on any atom is -0.308 e. The van der Waals surface area contributed by atoms with Gasteiger partial charge in [-0.1, -0.05) is 6.92 Å². The summed E-state index contributed by atoms with van der Waals surface area (Å²) in [6.07, 6.45) is 3.36. The van der Waals surface area contributed by atoms with Crippen molar-refractivity contribution in [1.29, 1.82) is 0 Å². The number of thioether (sulfide) groups is 1. The van der Waals surface area contributed by atoms with Gasteiger partial charge in [0.05, 0.1) is 5.69 Å². The van der Waals surface area contributed by atoms with E-state index in [4.69, 9.17) is 0 Å². The van der Waals surface area contributed by atoms with Gasteiger partial charge in [-0.2, -0.15) is 11.8 Å². The first-order chi connectivity index (χ1) is 6.83. The zero-order valence-corrected chi connectivity index (χ0v) is 9.55. The Kier molecular flexibility index (Phi) is 5.56. The van der Waals surface area contributed by atoms with Crippen molar-refractivity contribution in [3.8, 4) is 0 Å². The van der Waals surface area contributed by atoms with E-state index in [1.54, 1.807) is 12.5 Å². The Morgan fingerprint density at radius 3 is 3.07 bits per heavy atom. The smallest absolute Gasteiger partial charge is 0.115 e. The number of hydrogen-bond acceptors (Lipinski definition) is 4. The average Bonchev–Trinajstić information content (AvgIpc) is 2.25. The second-order valence-corrected chi connectivity index (χ2v) is 4.46. The second kappa shape index (κ2) is 6.79. The molecule has 0 spiro atoms. The summed E-state index contributed by atoms with van der Waals surface area (Å²) in [7, 11) is 0. The van der Waals surface area contributed by atoms with Crippen molar-refractivity contribution >= 4 is 11.8 Å². The summed E-state index contributed by atoms with van der Waals surface area (Å²) in [4.78, 5) is 8.03. The van der Waals surface area contributed by atoms with Gasteiger partial charge in [0.25, 0.3) is 0 Å². The van der Waals surface area contributed by atoms with E-state index in [9.17, 15) is 0 Å². The van der Waals surface area contributed by atoms with Crippen molar-refractivity contribution in [3.05, 3.63) is 24.3 Å². The van der Waals surface area contributed by atoms with Crippen LogP contribution in [0.25, 0.3) is 0 Å². The molecule has 1 heterocycles. The van der Waals surface area contributed by atoms with E-state index >= 15 is 0 Å². The third-order valence-corrected chi connectivity index (χ3v) is 2.99. The molecule has 0 radical (unpaired) electrons. The molecule has 4 heteroatoms. The Morgan fingerprint density at radius 2 is 2.43 bits per heavy atom. The van der Waals surface area contributed by atoms with E-state index in [1.807, 2.05) is 17.8 Å². The first kappa shape index (κ1) is 11.5. The van der Waals surface area contributed by atoms with Gasteiger partial charge in [0, 0.05) is 24.5 Å². The summed E-state index contributed by atoms with van der Waals surface area (Å²) in [5.74, 6) is 2.33. The van der Waals surface area contributed by atoms with Gasteiger partial charge in [0.15, 0.2) is 0 Å². The van der Waals surface area contributed by atoms with E-state index in [2.05, 4.69) is 29.1 Å². The van der Waals surface area contributed by atoms with Crippen LogP contribution in [0.5, 0.6) is 0 Å². The van der Waals surface area contributed by atoms with Crippen molar-refractivity contribution in [2.75, 3.05) is 11.5 Å². The van der Waals surface area contributed by atoms with Crippen LogP contribution in [-0.2, 0) is 6.54 Å². The first-order valence-corrected chi connectivity index (χ1v) is 6.04. The van der Waals surface area contributed by atoms with E-state index in [1.165, 1.54) is 5.75 Å². The van der Waals surface area contributed by atoms with Crippen LogP contribution >= 0.6 is 11.8 Å².